The molecule has 0 saturated carbocycles. The second-order valence-electron chi connectivity index (χ2n) is 5.69. The Bertz CT molecular complexity index is 872. The number of anilines is 1. The van der Waals surface area contributed by atoms with Gasteiger partial charge in [-0.15, -0.1) is 0 Å². The summed E-state index contributed by atoms with van der Waals surface area (Å²) in [5.74, 6) is -0.863. The number of aromatic amines is 1. The number of carbonyl (C=O) groups is 3. The van der Waals surface area contributed by atoms with Crippen LogP contribution in [0, 0.1) is 13.8 Å². The number of carbonyl (C=O) groups excluding carboxylic acids is 3. The molecule has 0 radical (unpaired) electrons. The maximum Gasteiger partial charge on any atom is 0.294 e. The van der Waals surface area contributed by atoms with Crippen LogP contribution in [0.3, 0.4) is 0 Å². The van der Waals surface area contributed by atoms with Gasteiger partial charge in [-0.05, 0) is 61.0 Å². The highest BCUT2D eigenvalue weighted by atomic mass is 32.2. The van der Waals surface area contributed by atoms with Crippen molar-refractivity contribution in [2.24, 2.45) is 0 Å². The van der Waals surface area contributed by atoms with E-state index >= 15 is 0 Å². The van der Waals surface area contributed by atoms with E-state index in [1.165, 1.54) is 0 Å². The number of nitrogens with zero attached hydrogens (tertiary/aromatic N) is 1. The molecule has 3 amide bonds. The number of aryl methyl sites for hydroxylation is 1. The van der Waals surface area contributed by atoms with Crippen molar-refractivity contribution < 1.29 is 14.4 Å². The van der Waals surface area contributed by atoms with E-state index in [-0.39, 0.29) is 6.54 Å². The van der Waals surface area contributed by atoms with E-state index in [9.17, 15) is 14.4 Å². The maximum absolute atomic E-state index is 12.4. The third-order valence-electron chi connectivity index (χ3n) is 3.96. The Morgan fingerprint density at radius 3 is 2.76 bits per heavy atom. The molecule has 1 aromatic carbocycles. The van der Waals surface area contributed by atoms with Gasteiger partial charge in [-0.3, -0.25) is 19.3 Å². The molecule has 0 atom stereocenters. The summed E-state index contributed by atoms with van der Waals surface area (Å²) in [6, 6.07) is 9.18. The highest BCUT2D eigenvalue weighted by molar-refractivity contribution is 8.18. The van der Waals surface area contributed by atoms with Crippen molar-refractivity contribution in [1.82, 2.24) is 9.88 Å². The van der Waals surface area contributed by atoms with Crippen LogP contribution in [-0.2, 0) is 9.59 Å². The number of amides is 3. The number of hydrogen-bond acceptors (Lipinski definition) is 4. The standard InChI is InChI=1S/C18H17N3O3S/c1-11-5-3-7-14(12(11)2)20-16(22)10-21-17(23)15(25-18(21)24)9-13-6-4-8-19-13/h3-9,19H,10H2,1-2H3,(H,20,22)/b15-9+. The Labute approximate surface area is 149 Å². The van der Waals surface area contributed by atoms with Gasteiger partial charge in [0.25, 0.3) is 11.1 Å². The number of aromatic nitrogens is 1. The first-order valence-corrected chi connectivity index (χ1v) is 8.52. The predicted octanol–water partition coefficient (Wildman–Crippen LogP) is 3.31. The Morgan fingerprint density at radius 1 is 1.24 bits per heavy atom. The first-order chi connectivity index (χ1) is 12.0. The van der Waals surface area contributed by atoms with Crippen LogP contribution in [0.1, 0.15) is 16.8 Å². The Hall–Kier alpha value is -2.80. The maximum atomic E-state index is 12.4. The summed E-state index contributed by atoms with van der Waals surface area (Å²) in [6.45, 7) is 3.55. The van der Waals surface area contributed by atoms with Gasteiger partial charge in [-0.25, -0.2) is 0 Å². The zero-order valence-electron chi connectivity index (χ0n) is 13.8. The van der Waals surface area contributed by atoms with Gasteiger partial charge in [0.05, 0.1) is 4.91 Å². The summed E-state index contributed by atoms with van der Waals surface area (Å²) in [5.41, 5.74) is 3.42. The van der Waals surface area contributed by atoms with Crippen molar-refractivity contribution in [3.05, 3.63) is 58.3 Å². The summed E-state index contributed by atoms with van der Waals surface area (Å²) < 4.78 is 0. The first-order valence-electron chi connectivity index (χ1n) is 7.70. The van der Waals surface area contributed by atoms with Crippen LogP contribution < -0.4 is 5.32 Å². The predicted molar refractivity (Wildman–Crippen MR) is 98.0 cm³/mol. The number of rotatable bonds is 4. The summed E-state index contributed by atoms with van der Waals surface area (Å²) >= 11 is 0.832. The van der Waals surface area contributed by atoms with Crippen LogP contribution in [0.15, 0.2) is 41.4 Å². The van der Waals surface area contributed by atoms with Gasteiger partial charge in [-0.1, -0.05) is 12.1 Å². The van der Waals surface area contributed by atoms with Crippen molar-refractivity contribution in [3.63, 3.8) is 0 Å². The molecule has 7 heteroatoms. The molecule has 1 aliphatic heterocycles. The molecule has 1 aromatic heterocycles. The minimum Gasteiger partial charge on any atom is -0.362 e. The number of imide groups is 1. The quantitative estimate of drug-likeness (QED) is 0.825. The fraction of sp³-hybridized carbons (Fsp3) is 0.167. The van der Waals surface area contributed by atoms with Crippen molar-refractivity contribution in [1.29, 1.82) is 0 Å². The molecule has 1 aliphatic rings. The first kappa shape index (κ1) is 17.0. The normalized spacial score (nSPS) is 15.9. The van der Waals surface area contributed by atoms with Gasteiger partial charge in [0.2, 0.25) is 5.91 Å². The van der Waals surface area contributed by atoms with E-state index < -0.39 is 17.1 Å². The minimum absolute atomic E-state index is 0.298. The topological polar surface area (TPSA) is 82.3 Å². The van der Waals surface area contributed by atoms with Crippen molar-refractivity contribution >= 4 is 40.6 Å². The molecular formula is C18H17N3O3S. The van der Waals surface area contributed by atoms with E-state index in [4.69, 9.17) is 0 Å². The van der Waals surface area contributed by atoms with Crippen LogP contribution in [0.5, 0.6) is 0 Å². The second-order valence-corrected chi connectivity index (χ2v) is 6.68. The lowest BCUT2D eigenvalue weighted by Gasteiger charge is -2.14. The lowest BCUT2D eigenvalue weighted by Crippen LogP contribution is -2.36. The Balaban J connectivity index is 1.70. The highest BCUT2D eigenvalue weighted by Gasteiger charge is 2.36. The Morgan fingerprint density at radius 2 is 2.04 bits per heavy atom. The highest BCUT2D eigenvalue weighted by Crippen LogP contribution is 2.31. The van der Waals surface area contributed by atoms with E-state index in [0.29, 0.717) is 10.6 Å². The number of thioether (sulfide) groups is 1. The molecular weight excluding hydrogens is 338 g/mol. The van der Waals surface area contributed by atoms with Gasteiger partial charge in [0.1, 0.15) is 6.54 Å². The lowest BCUT2D eigenvalue weighted by molar-refractivity contribution is -0.127. The molecule has 128 valence electrons. The number of benzene rings is 1. The van der Waals surface area contributed by atoms with Crippen molar-refractivity contribution in [2.75, 3.05) is 11.9 Å². The number of nitrogens with one attached hydrogen (secondary N) is 2. The molecule has 0 unspecified atom stereocenters. The molecule has 25 heavy (non-hydrogen) atoms. The fourth-order valence-corrected chi connectivity index (χ4v) is 3.26. The van der Waals surface area contributed by atoms with Gasteiger partial charge >= 0.3 is 0 Å². The molecule has 0 bridgehead atoms. The number of H-pyrrole nitrogens is 1. The van der Waals surface area contributed by atoms with Crippen LogP contribution in [0.25, 0.3) is 6.08 Å². The molecule has 1 fully saturated rings. The van der Waals surface area contributed by atoms with Crippen LogP contribution >= 0.6 is 11.8 Å². The van der Waals surface area contributed by atoms with Crippen LogP contribution in [0.2, 0.25) is 0 Å². The summed E-state index contributed by atoms with van der Waals surface area (Å²) in [4.78, 5) is 40.9. The summed E-state index contributed by atoms with van der Waals surface area (Å²) in [7, 11) is 0. The summed E-state index contributed by atoms with van der Waals surface area (Å²) in [5, 5.41) is 2.31. The molecule has 3 rings (SSSR count). The molecule has 2 aromatic rings. The molecule has 2 heterocycles. The monoisotopic (exact) mass is 355 g/mol. The summed E-state index contributed by atoms with van der Waals surface area (Å²) in [6.07, 6.45) is 3.33. The van der Waals surface area contributed by atoms with E-state index in [0.717, 1.165) is 33.5 Å². The van der Waals surface area contributed by atoms with E-state index in [1.807, 2.05) is 26.0 Å². The van der Waals surface area contributed by atoms with Crippen molar-refractivity contribution in [3.8, 4) is 0 Å². The van der Waals surface area contributed by atoms with Crippen LogP contribution in [-0.4, -0.2) is 33.5 Å². The molecule has 1 saturated heterocycles. The third kappa shape index (κ3) is 3.66. The average Bonchev–Trinajstić information content (AvgIpc) is 3.16. The van der Waals surface area contributed by atoms with E-state index in [2.05, 4.69) is 10.3 Å². The zero-order valence-corrected chi connectivity index (χ0v) is 14.6. The average molecular weight is 355 g/mol. The molecule has 6 nitrogen and oxygen atoms in total. The van der Waals surface area contributed by atoms with Gasteiger partial charge < -0.3 is 10.3 Å². The van der Waals surface area contributed by atoms with Crippen molar-refractivity contribution in [2.45, 2.75) is 13.8 Å². The van der Waals surface area contributed by atoms with Crippen LogP contribution in [0.4, 0.5) is 10.5 Å². The Kier molecular flexibility index (Phi) is 4.76. The molecule has 2 N–H and O–H groups in total. The molecule has 0 spiro atoms. The van der Waals surface area contributed by atoms with E-state index in [1.54, 1.807) is 30.5 Å². The fourth-order valence-electron chi connectivity index (χ4n) is 2.43. The largest absolute Gasteiger partial charge is 0.362 e. The minimum atomic E-state index is -0.458. The second kappa shape index (κ2) is 6.98. The molecule has 0 aliphatic carbocycles. The SMILES string of the molecule is Cc1cccc(NC(=O)CN2C(=O)S/C(=C/c3ccc[nH]3)C2=O)c1C. The van der Waals surface area contributed by atoms with Gasteiger partial charge in [0, 0.05) is 17.6 Å². The third-order valence-corrected chi connectivity index (χ3v) is 4.87. The van der Waals surface area contributed by atoms with Gasteiger partial charge in [0.15, 0.2) is 0 Å². The van der Waals surface area contributed by atoms with Gasteiger partial charge in [-0.2, -0.15) is 0 Å². The zero-order chi connectivity index (χ0) is 18.0. The lowest BCUT2D eigenvalue weighted by atomic mass is 10.1. The smallest absolute Gasteiger partial charge is 0.294 e. The number of hydrogen-bond donors (Lipinski definition) is 2.